The van der Waals surface area contributed by atoms with Crippen molar-refractivity contribution >= 4 is 0 Å². The van der Waals surface area contributed by atoms with E-state index in [0.717, 1.165) is 0 Å². The predicted octanol–water partition coefficient (Wildman–Crippen LogP) is 2.19. The molecule has 0 heterocycles. The lowest BCUT2D eigenvalue weighted by Gasteiger charge is -1.98. The third-order valence-electron chi connectivity index (χ3n) is 0.757. The molecule has 0 unspecified atom stereocenters. The van der Waals surface area contributed by atoms with E-state index in [9.17, 15) is 4.39 Å². The Kier molecular flexibility index (Phi) is 3.44. The summed E-state index contributed by atoms with van der Waals surface area (Å²) in [7, 11) is 1.38. The summed E-state index contributed by atoms with van der Waals surface area (Å²) in [5, 5.41) is 0. The van der Waals surface area contributed by atoms with Gasteiger partial charge in [-0.1, -0.05) is 19.2 Å². The molecule has 0 spiro atoms. The SMILES string of the molecule is C=C/C=C(/OC)C(=C)F. The average molecular weight is 128 g/mol. The zero-order valence-corrected chi connectivity index (χ0v) is 5.36. The Morgan fingerprint density at radius 3 is 2.33 bits per heavy atom. The van der Waals surface area contributed by atoms with Crippen LogP contribution in [0.5, 0.6) is 0 Å². The summed E-state index contributed by atoms with van der Waals surface area (Å²) in [4.78, 5) is 0. The Bertz CT molecular complexity index is 147. The molecule has 0 aliphatic rings. The fourth-order valence-electron chi connectivity index (χ4n) is 0.376. The van der Waals surface area contributed by atoms with Crippen molar-refractivity contribution in [2.75, 3.05) is 7.11 Å². The smallest absolute Gasteiger partial charge is 0.157 e. The molecule has 0 aliphatic heterocycles. The maximum Gasteiger partial charge on any atom is 0.157 e. The molecule has 0 rings (SSSR count). The highest BCUT2D eigenvalue weighted by Gasteiger charge is 1.96. The van der Waals surface area contributed by atoms with E-state index in [1.54, 1.807) is 0 Å². The van der Waals surface area contributed by atoms with Gasteiger partial charge in [0.05, 0.1) is 7.11 Å². The zero-order chi connectivity index (χ0) is 7.28. The fraction of sp³-hybridized carbons (Fsp3) is 0.143. The number of methoxy groups -OCH3 is 1. The quantitative estimate of drug-likeness (QED) is 0.418. The molecule has 0 aromatic heterocycles. The summed E-state index contributed by atoms with van der Waals surface area (Å²) in [6, 6.07) is 0. The standard InChI is InChI=1S/C7H9FO/c1-4-5-7(9-3)6(2)8/h4-5H,1-2H2,3H3/b7-5+. The molecule has 9 heavy (non-hydrogen) atoms. The summed E-state index contributed by atoms with van der Waals surface area (Å²) in [5.41, 5.74) is 0. The van der Waals surface area contributed by atoms with E-state index in [-0.39, 0.29) is 5.76 Å². The Morgan fingerprint density at radius 1 is 1.67 bits per heavy atom. The van der Waals surface area contributed by atoms with Crippen LogP contribution in [0.25, 0.3) is 0 Å². The molecule has 0 fully saturated rings. The molecule has 0 aliphatic carbocycles. The first-order valence-corrected chi connectivity index (χ1v) is 2.44. The Hall–Kier alpha value is -1.05. The van der Waals surface area contributed by atoms with Gasteiger partial charge in [0.1, 0.15) is 0 Å². The van der Waals surface area contributed by atoms with E-state index in [0.29, 0.717) is 0 Å². The maximum absolute atomic E-state index is 12.1. The molecule has 0 amide bonds. The molecule has 2 heteroatoms. The van der Waals surface area contributed by atoms with Crippen molar-refractivity contribution in [3.63, 3.8) is 0 Å². The summed E-state index contributed by atoms with van der Waals surface area (Å²) in [6.07, 6.45) is 2.84. The lowest BCUT2D eigenvalue weighted by Crippen LogP contribution is -1.83. The van der Waals surface area contributed by atoms with Crippen LogP contribution in [0.1, 0.15) is 0 Å². The number of allylic oxidation sites excluding steroid dienone is 3. The molecule has 0 saturated heterocycles. The average Bonchev–Trinajstić information content (AvgIpc) is 1.82. The van der Waals surface area contributed by atoms with Gasteiger partial charge in [-0.15, -0.1) is 0 Å². The molecule has 0 radical (unpaired) electrons. The lowest BCUT2D eigenvalue weighted by molar-refractivity contribution is 0.284. The summed E-state index contributed by atoms with van der Waals surface area (Å²) < 4.78 is 16.7. The van der Waals surface area contributed by atoms with Gasteiger partial charge in [-0.2, -0.15) is 0 Å². The number of halogens is 1. The fourth-order valence-corrected chi connectivity index (χ4v) is 0.376. The second-order valence-corrected chi connectivity index (χ2v) is 1.38. The molecule has 0 aromatic rings. The minimum absolute atomic E-state index is 0.116. The lowest BCUT2D eigenvalue weighted by atomic mass is 10.4. The van der Waals surface area contributed by atoms with Crippen molar-refractivity contribution in [3.05, 3.63) is 36.9 Å². The molecule has 50 valence electrons. The first kappa shape index (κ1) is 7.95. The van der Waals surface area contributed by atoms with Crippen LogP contribution in [0, 0.1) is 0 Å². The van der Waals surface area contributed by atoms with Gasteiger partial charge in [-0.25, -0.2) is 4.39 Å². The van der Waals surface area contributed by atoms with Crippen molar-refractivity contribution in [2.24, 2.45) is 0 Å². The van der Waals surface area contributed by atoms with Crippen molar-refractivity contribution in [1.29, 1.82) is 0 Å². The van der Waals surface area contributed by atoms with Crippen LogP contribution >= 0.6 is 0 Å². The van der Waals surface area contributed by atoms with E-state index in [1.807, 2.05) is 0 Å². The first-order valence-electron chi connectivity index (χ1n) is 2.44. The summed E-state index contributed by atoms with van der Waals surface area (Å²) in [5.74, 6) is -0.470. The van der Waals surface area contributed by atoms with Crippen LogP contribution in [0.4, 0.5) is 4.39 Å². The number of ether oxygens (including phenoxy) is 1. The van der Waals surface area contributed by atoms with Gasteiger partial charge in [-0.05, 0) is 6.08 Å². The molecule has 0 aromatic carbocycles. The maximum atomic E-state index is 12.1. The van der Waals surface area contributed by atoms with Crippen LogP contribution < -0.4 is 0 Å². The molecule has 0 N–H and O–H groups in total. The first-order chi connectivity index (χ1) is 4.22. The highest BCUT2D eigenvalue weighted by molar-refractivity contribution is 5.19. The third kappa shape index (κ3) is 2.69. The third-order valence-corrected chi connectivity index (χ3v) is 0.757. The van der Waals surface area contributed by atoms with Crippen molar-refractivity contribution in [3.8, 4) is 0 Å². The van der Waals surface area contributed by atoms with E-state index in [4.69, 9.17) is 0 Å². The second-order valence-electron chi connectivity index (χ2n) is 1.38. The second kappa shape index (κ2) is 3.89. The molecule has 1 nitrogen and oxygen atoms in total. The van der Waals surface area contributed by atoms with Crippen molar-refractivity contribution in [1.82, 2.24) is 0 Å². The topological polar surface area (TPSA) is 9.23 Å². The largest absolute Gasteiger partial charge is 0.494 e. The number of hydrogen-bond donors (Lipinski definition) is 0. The van der Waals surface area contributed by atoms with Gasteiger partial charge >= 0.3 is 0 Å². The number of hydrogen-bond acceptors (Lipinski definition) is 1. The van der Waals surface area contributed by atoms with Gasteiger partial charge in [-0.3, -0.25) is 0 Å². The Morgan fingerprint density at radius 2 is 2.22 bits per heavy atom. The van der Waals surface area contributed by atoms with Crippen molar-refractivity contribution < 1.29 is 9.13 Å². The van der Waals surface area contributed by atoms with Gasteiger partial charge < -0.3 is 4.74 Å². The number of rotatable bonds is 3. The minimum atomic E-state index is -0.586. The van der Waals surface area contributed by atoms with Crippen LogP contribution in [0.15, 0.2) is 36.9 Å². The molecule has 0 saturated carbocycles. The van der Waals surface area contributed by atoms with Crippen LogP contribution in [0.3, 0.4) is 0 Å². The Labute approximate surface area is 54.1 Å². The highest BCUT2D eigenvalue weighted by atomic mass is 19.1. The monoisotopic (exact) mass is 128 g/mol. The van der Waals surface area contributed by atoms with Gasteiger partial charge in [0.15, 0.2) is 11.6 Å². The van der Waals surface area contributed by atoms with Crippen molar-refractivity contribution in [2.45, 2.75) is 0 Å². The van der Waals surface area contributed by atoms with E-state index in [1.165, 1.54) is 19.3 Å². The van der Waals surface area contributed by atoms with Gasteiger partial charge in [0.25, 0.3) is 0 Å². The summed E-state index contributed by atoms with van der Waals surface area (Å²) >= 11 is 0. The Balaban J connectivity index is 4.14. The molecule has 0 bridgehead atoms. The van der Waals surface area contributed by atoms with E-state index in [2.05, 4.69) is 17.9 Å². The predicted molar refractivity (Wildman–Crippen MR) is 35.5 cm³/mol. The van der Waals surface area contributed by atoms with Gasteiger partial charge in [0, 0.05) is 0 Å². The molecular weight excluding hydrogens is 119 g/mol. The zero-order valence-electron chi connectivity index (χ0n) is 5.36. The van der Waals surface area contributed by atoms with E-state index >= 15 is 0 Å². The van der Waals surface area contributed by atoms with Crippen LogP contribution in [0.2, 0.25) is 0 Å². The molecule has 0 atom stereocenters. The minimum Gasteiger partial charge on any atom is -0.494 e. The highest BCUT2D eigenvalue weighted by Crippen LogP contribution is 2.08. The molecular formula is C7H9FO. The van der Waals surface area contributed by atoms with Gasteiger partial charge in [0.2, 0.25) is 0 Å². The summed E-state index contributed by atoms with van der Waals surface area (Å²) in [6.45, 7) is 6.40. The van der Waals surface area contributed by atoms with Crippen LogP contribution in [-0.2, 0) is 4.74 Å². The normalized spacial score (nSPS) is 10.7. The van der Waals surface area contributed by atoms with E-state index < -0.39 is 5.83 Å². The van der Waals surface area contributed by atoms with Crippen LogP contribution in [-0.4, -0.2) is 7.11 Å².